The lowest BCUT2D eigenvalue weighted by Gasteiger charge is -2.24. The fraction of sp³-hybridized carbons (Fsp3) is 0.765. The molecule has 0 aliphatic heterocycles. The minimum absolute atomic E-state index is 0.0526. The second-order valence-electron chi connectivity index (χ2n) is 6.91. The molecule has 8 N–H and O–H groups in total. The van der Waals surface area contributed by atoms with Gasteiger partial charge in [-0.15, -0.1) is 0 Å². The van der Waals surface area contributed by atoms with Crippen molar-refractivity contribution >= 4 is 23.8 Å². The maximum Gasteiger partial charge on any atom is 0.326 e. The Labute approximate surface area is 159 Å². The number of carbonyl (C=O) groups excluding carboxylic acids is 2. The van der Waals surface area contributed by atoms with Gasteiger partial charge in [0.2, 0.25) is 11.8 Å². The van der Waals surface area contributed by atoms with Gasteiger partial charge in [0, 0.05) is 6.42 Å². The van der Waals surface area contributed by atoms with Crippen LogP contribution in [-0.2, 0) is 19.2 Å². The third-order valence-electron chi connectivity index (χ3n) is 3.91. The summed E-state index contributed by atoms with van der Waals surface area (Å²) in [5, 5.41) is 22.7. The average Bonchev–Trinajstić information content (AvgIpc) is 2.56. The number of aliphatic carboxylic acids is 2. The number of amides is 2. The van der Waals surface area contributed by atoms with Crippen LogP contribution in [0.25, 0.3) is 0 Å². The standard InChI is InChI=1S/C17H32N4O6/c1-10(2)9-13(21-15(24)11(19)5-3-4-8-18)16(25)20-12(17(26)27)6-7-14(22)23/h10-13H,3-9,18-19H2,1-2H3,(H,20,25)(H,21,24)(H,22,23)(H,26,27). The van der Waals surface area contributed by atoms with Gasteiger partial charge in [-0.2, -0.15) is 0 Å². The lowest BCUT2D eigenvalue weighted by molar-refractivity contribution is -0.143. The third-order valence-corrected chi connectivity index (χ3v) is 3.91. The molecule has 0 bridgehead atoms. The van der Waals surface area contributed by atoms with E-state index in [1.807, 2.05) is 13.8 Å². The van der Waals surface area contributed by atoms with Crippen LogP contribution in [0.1, 0.15) is 52.4 Å². The number of nitrogens with one attached hydrogen (secondary N) is 2. The molecule has 0 saturated carbocycles. The van der Waals surface area contributed by atoms with Gasteiger partial charge in [0.15, 0.2) is 0 Å². The number of nitrogens with two attached hydrogens (primary N) is 2. The van der Waals surface area contributed by atoms with Gasteiger partial charge in [-0.3, -0.25) is 14.4 Å². The zero-order valence-electron chi connectivity index (χ0n) is 15.9. The summed E-state index contributed by atoms with van der Waals surface area (Å²) in [6.45, 7) is 4.21. The molecule has 156 valence electrons. The summed E-state index contributed by atoms with van der Waals surface area (Å²) in [5.74, 6) is -3.62. The summed E-state index contributed by atoms with van der Waals surface area (Å²) < 4.78 is 0. The molecule has 0 radical (unpaired) electrons. The minimum Gasteiger partial charge on any atom is -0.481 e. The first-order valence-electron chi connectivity index (χ1n) is 9.09. The van der Waals surface area contributed by atoms with Crippen molar-refractivity contribution in [1.29, 1.82) is 0 Å². The first-order chi connectivity index (χ1) is 12.6. The van der Waals surface area contributed by atoms with Crippen LogP contribution in [0.2, 0.25) is 0 Å². The van der Waals surface area contributed by atoms with E-state index in [0.717, 1.165) is 6.42 Å². The maximum absolute atomic E-state index is 12.5. The van der Waals surface area contributed by atoms with E-state index in [0.29, 0.717) is 25.8 Å². The molecule has 0 heterocycles. The van der Waals surface area contributed by atoms with Crippen molar-refractivity contribution in [2.24, 2.45) is 17.4 Å². The summed E-state index contributed by atoms with van der Waals surface area (Å²) in [6.07, 6.45) is 1.48. The molecule has 0 aromatic heterocycles. The van der Waals surface area contributed by atoms with Crippen LogP contribution in [0.5, 0.6) is 0 Å². The van der Waals surface area contributed by atoms with Crippen LogP contribution in [0, 0.1) is 5.92 Å². The molecule has 0 aromatic rings. The van der Waals surface area contributed by atoms with E-state index in [4.69, 9.17) is 21.7 Å². The molecule has 0 fully saturated rings. The Balaban J connectivity index is 4.93. The Kier molecular flexibility index (Phi) is 12.0. The van der Waals surface area contributed by atoms with Gasteiger partial charge in [0.25, 0.3) is 0 Å². The van der Waals surface area contributed by atoms with E-state index in [2.05, 4.69) is 10.6 Å². The fourth-order valence-corrected chi connectivity index (χ4v) is 2.42. The largest absolute Gasteiger partial charge is 0.481 e. The van der Waals surface area contributed by atoms with Gasteiger partial charge in [-0.1, -0.05) is 20.3 Å². The Hall–Kier alpha value is -2.20. The molecule has 0 spiro atoms. The first kappa shape index (κ1) is 24.8. The highest BCUT2D eigenvalue weighted by Gasteiger charge is 2.28. The minimum atomic E-state index is -1.35. The van der Waals surface area contributed by atoms with E-state index in [9.17, 15) is 19.2 Å². The quantitative estimate of drug-likeness (QED) is 0.213. The highest BCUT2D eigenvalue weighted by molar-refractivity contribution is 5.91. The average molecular weight is 388 g/mol. The van der Waals surface area contributed by atoms with Gasteiger partial charge in [0.1, 0.15) is 12.1 Å². The molecule has 0 rings (SSSR count). The Bertz CT molecular complexity index is 512. The molecule has 10 nitrogen and oxygen atoms in total. The van der Waals surface area contributed by atoms with Gasteiger partial charge in [0.05, 0.1) is 6.04 Å². The Morgan fingerprint density at radius 3 is 2.00 bits per heavy atom. The topological polar surface area (TPSA) is 185 Å². The van der Waals surface area contributed by atoms with E-state index in [-0.39, 0.29) is 12.3 Å². The molecular weight excluding hydrogens is 356 g/mol. The predicted molar refractivity (Wildman–Crippen MR) is 98.7 cm³/mol. The normalized spacial score (nSPS) is 14.3. The molecule has 0 aromatic carbocycles. The van der Waals surface area contributed by atoms with Crippen molar-refractivity contribution in [3.8, 4) is 0 Å². The van der Waals surface area contributed by atoms with Crippen molar-refractivity contribution in [3.05, 3.63) is 0 Å². The van der Waals surface area contributed by atoms with Gasteiger partial charge in [-0.25, -0.2) is 4.79 Å². The number of rotatable bonds is 14. The van der Waals surface area contributed by atoms with E-state index < -0.39 is 48.3 Å². The maximum atomic E-state index is 12.5. The lowest BCUT2D eigenvalue weighted by Crippen LogP contribution is -2.54. The summed E-state index contributed by atoms with van der Waals surface area (Å²) in [6, 6.07) is -3.09. The second-order valence-corrected chi connectivity index (χ2v) is 6.91. The molecule has 0 aliphatic rings. The molecule has 0 aliphatic carbocycles. The molecule has 10 heteroatoms. The number of carboxylic acid groups (broad SMARTS) is 2. The highest BCUT2D eigenvalue weighted by Crippen LogP contribution is 2.08. The van der Waals surface area contributed by atoms with Crippen molar-refractivity contribution in [2.45, 2.75) is 70.5 Å². The lowest BCUT2D eigenvalue weighted by atomic mass is 10.0. The first-order valence-corrected chi connectivity index (χ1v) is 9.09. The monoisotopic (exact) mass is 388 g/mol. The number of hydrogen-bond donors (Lipinski definition) is 6. The number of carboxylic acids is 2. The van der Waals surface area contributed by atoms with Crippen LogP contribution in [-0.4, -0.2) is 58.6 Å². The highest BCUT2D eigenvalue weighted by atomic mass is 16.4. The van der Waals surface area contributed by atoms with Crippen LogP contribution in [0.3, 0.4) is 0 Å². The summed E-state index contributed by atoms with van der Waals surface area (Å²) in [7, 11) is 0. The fourth-order valence-electron chi connectivity index (χ4n) is 2.42. The van der Waals surface area contributed by atoms with Crippen LogP contribution in [0.4, 0.5) is 0 Å². The van der Waals surface area contributed by atoms with E-state index in [1.165, 1.54) is 0 Å². The zero-order valence-corrected chi connectivity index (χ0v) is 15.9. The second kappa shape index (κ2) is 13.0. The van der Waals surface area contributed by atoms with Crippen molar-refractivity contribution in [2.75, 3.05) is 6.54 Å². The van der Waals surface area contributed by atoms with Crippen LogP contribution in [0.15, 0.2) is 0 Å². The third kappa shape index (κ3) is 11.2. The SMILES string of the molecule is CC(C)CC(NC(=O)C(N)CCCCN)C(=O)NC(CCC(=O)O)C(=O)O. The predicted octanol–water partition coefficient (Wildman–Crippen LogP) is -0.592. The summed E-state index contributed by atoms with van der Waals surface area (Å²) in [4.78, 5) is 46.6. The molecule has 2 amide bonds. The molecule has 27 heavy (non-hydrogen) atoms. The molecule has 0 saturated heterocycles. The van der Waals surface area contributed by atoms with Crippen molar-refractivity contribution in [3.63, 3.8) is 0 Å². The molecule has 3 atom stereocenters. The van der Waals surface area contributed by atoms with Gasteiger partial charge >= 0.3 is 11.9 Å². The van der Waals surface area contributed by atoms with Crippen molar-refractivity contribution in [1.82, 2.24) is 10.6 Å². The van der Waals surface area contributed by atoms with E-state index in [1.54, 1.807) is 0 Å². The summed E-state index contributed by atoms with van der Waals surface area (Å²) >= 11 is 0. The number of hydrogen-bond acceptors (Lipinski definition) is 6. The summed E-state index contributed by atoms with van der Waals surface area (Å²) in [5.41, 5.74) is 11.2. The zero-order chi connectivity index (χ0) is 21.0. The van der Waals surface area contributed by atoms with E-state index >= 15 is 0 Å². The van der Waals surface area contributed by atoms with Crippen molar-refractivity contribution < 1.29 is 29.4 Å². The number of unbranched alkanes of at least 4 members (excludes halogenated alkanes) is 1. The Morgan fingerprint density at radius 1 is 0.926 bits per heavy atom. The van der Waals surface area contributed by atoms with Gasteiger partial charge < -0.3 is 32.3 Å². The van der Waals surface area contributed by atoms with Crippen LogP contribution < -0.4 is 22.1 Å². The smallest absolute Gasteiger partial charge is 0.326 e. The molecular formula is C17H32N4O6. The number of carbonyl (C=O) groups is 4. The van der Waals surface area contributed by atoms with Crippen LogP contribution >= 0.6 is 0 Å². The molecule has 3 unspecified atom stereocenters. The Morgan fingerprint density at radius 2 is 1.52 bits per heavy atom. The van der Waals surface area contributed by atoms with Gasteiger partial charge in [-0.05, 0) is 38.1 Å².